The highest BCUT2D eigenvalue weighted by atomic mass is 19.2. The van der Waals surface area contributed by atoms with E-state index in [4.69, 9.17) is 5.73 Å². The zero-order valence-electron chi connectivity index (χ0n) is 10.5. The summed E-state index contributed by atoms with van der Waals surface area (Å²) < 4.78 is 39.9. The Morgan fingerprint density at radius 2 is 1.68 bits per heavy atom. The number of hydrogen-bond donors (Lipinski definition) is 1. The molecule has 2 N–H and O–H groups in total. The van der Waals surface area contributed by atoms with E-state index in [1.807, 2.05) is 6.92 Å². The van der Waals surface area contributed by atoms with Gasteiger partial charge in [0.25, 0.3) is 0 Å². The van der Waals surface area contributed by atoms with Crippen LogP contribution in [0.2, 0.25) is 0 Å². The Kier molecular flexibility index (Phi) is 3.42. The maximum atomic E-state index is 13.8. The van der Waals surface area contributed by atoms with Gasteiger partial charge < -0.3 is 5.73 Å². The van der Waals surface area contributed by atoms with Crippen molar-refractivity contribution in [1.29, 1.82) is 0 Å². The molecule has 0 aliphatic rings. The molecule has 0 saturated carbocycles. The van der Waals surface area contributed by atoms with Gasteiger partial charge in [-0.05, 0) is 13.0 Å². The van der Waals surface area contributed by atoms with Crippen molar-refractivity contribution in [3.05, 3.63) is 41.0 Å². The topological polar surface area (TPSA) is 51.8 Å². The van der Waals surface area contributed by atoms with Gasteiger partial charge in [0.05, 0.1) is 5.69 Å². The number of aromatic nitrogens is 2. The van der Waals surface area contributed by atoms with Crippen LogP contribution in [0.3, 0.4) is 0 Å². The molecule has 0 spiro atoms. The predicted octanol–water partition coefficient (Wildman–Crippen LogP) is 3.01. The first-order valence-electron chi connectivity index (χ1n) is 5.72. The van der Waals surface area contributed by atoms with Crippen LogP contribution < -0.4 is 5.73 Å². The normalized spacial score (nSPS) is 10.8. The quantitative estimate of drug-likeness (QED) is 0.851. The van der Waals surface area contributed by atoms with Crippen molar-refractivity contribution < 1.29 is 13.2 Å². The van der Waals surface area contributed by atoms with Crippen molar-refractivity contribution in [1.82, 2.24) is 9.97 Å². The first-order valence-corrected chi connectivity index (χ1v) is 5.72. The Hall–Kier alpha value is -2.11. The van der Waals surface area contributed by atoms with Crippen LogP contribution in [-0.4, -0.2) is 9.97 Å². The van der Waals surface area contributed by atoms with Gasteiger partial charge in [-0.2, -0.15) is 0 Å². The number of nitrogen functional groups attached to an aromatic ring is 1. The number of nitrogens with zero attached hydrogens (tertiary/aromatic N) is 2. The summed E-state index contributed by atoms with van der Waals surface area (Å²) in [6.45, 7) is 3.42. The third kappa shape index (κ3) is 2.38. The minimum Gasteiger partial charge on any atom is -0.383 e. The SMILES string of the molecule is CCc1nc(N)c(C)c(-c2cc(F)c(F)cc2F)n1. The molecule has 19 heavy (non-hydrogen) atoms. The third-order valence-corrected chi connectivity index (χ3v) is 2.81. The van der Waals surface area contributed by atoms with Gasteiger partial charge in [0.15, 0.2) is 11.6 Å². The van der Waals surface area contributed by atoms with Crippen LogP contribution in [-0.2, 0) is 6.42 Å². The second kappa shape index (κ2) is 4.87. The molecule has 0 aliphatic carbocycles. The van der Waals surface area contributed by atoms with Crippen LogP contribution in [0.15, 0.2) is 12.1 Å². The summed E-state index contributed by atoms with van der Waals surface area (Å²) in [5.74, 6) is -2.64. The van der Waals surface area contributed by atoms with Gasteiger partial charge in [-0.15, -0.1) is 0 Å². The second-order valence-electron chi connectivity index (χ2n) is 4.10. The molecule has 1 aromatic heterocycles. The van der Waals surface area contributed by atoms with Gasteiger partial charge in [0, 0.05) is 23.6 Å². The molecule has 0 fully saturated rings. The third-order valence-electron chi connectivity index (χ3n) is 2.81. The highest BCUT2D eigenvalue weighted by molar-refractivity contribution is 5.67. The van der Waals surface area contributed by atoms with E-state index >= 15 is 0 Å². The van der Waals surface area contributed by atoms with Gasteiger partial charge in [-0.1, -0.05) is 6.92 Å². The summed E-state index contributed by atoms with van der Waals surface area (Å²) >= 11 is 0. The second-order valence-corrected chi connectivity index (χ2v) is 4.10. The van der Waals surface area contributed by atoms with Gasteiger partial charge in [-0.25, -0.2) is 23.1 Å². The molecule has 0 atom stereocenters. The molecule has 2 rings (SSSR count). The molecule has 0 aliphatic heterocycles. The Bertz CT molecular complexity index is 642. The van der Waals surface area contributed by atoms with Crippen LogP contribution in [0.4, 0.5) is 19.0 Å². The van der Waals surface area contributed by atoms with Crippen molar-refractivity contribution in [2.24, 2.45) is 0 Å². The van der Waals surface area contributed by atoms with Crippen molar-refractivity contribution >= 4 is 5.82 Å². The van der Waals surface area contributed by atoms with Crippen LogP contribution in [0.25, 0.3) is 11.3 Å². The number of halogens is 3. The molecule has 2 aromatic rings. The average Bonchev–Trinajstić information content (AvgIpc) is 2.37. The smallest absolute Gasteiger partial charge is 0.161 e. The maximum Gasteiger partial charge on any atom is 0.161 e. The molecule has 6 heteroatoms. The number of aryl methyl sites for hydroxylation is 1. The highest BCUT2D eigenvalue weighted by Gasteiger charge is 2.17. The lowest BCUT2D eigenvalue weighted by molar-refractivity contribution is 0.496. The number of hydrogen-bond acceptors (Lipinski definition) is 3. The van der Waals surface area contributed by atoms with Crippen molar-refractivity contribution in [2.45, 2.75) is 20.3 Å². The van der Waals surface area contributed by atoms with Gasteiger partial charge in [0.1, 0.15) is 17.5 Å². The van der Waals surface area contributed by atoms with Crippen LogP contribution in [0.5, 0.6) is 0 Å². The van der Waals surface area contributed by atoms with Crippen LogP contribution in [0.1, 0.15) is 18.3 Å². The largest absolute Gasteiger partial charge is 0.383 e. The minimum atomic E-state index is -1.24. The van der Waals surface area contributed by atoms with Crippen molar-refractivity contribution in [2.75, 3.05) is 5.73 Å². The maximum absolute atomic E-state index is 13.8. The lowest BCUT2D eigenvalue weighted by Gasteiger charge is -2.10. The molecule has 0 saturated heterocycles. The van der Waals surface area contributed by atoms with Gasteiger partial charge in [0.2, 0.25) is 0 Å². The lowest BCUT2D eigenvalue weighted by atomic mass is 10.1. The molecule has 100 valence electrons. The van der Waals surface area contributed by atoms with Crippen LogP contribution >= 0.6 is 0 Å². The van der Waals surface area contributed by atoms with E-state index in [9.17, 15) is 13.2 Å². The molecule has 0 radical (unpaired) electrons. The van der Waals surface area contributed by atoms with E-state index in [2.05, 4.69) is 9.97 Å². The van der Waals surface area contributed by atoms with E-state index in [1.165, 1.54) is 0 Å². The van der Waals surface area contributed by atoms with E-state index < -0.39 is 17.5 Å². The summed E-state index contributed by atoms with van der Waals surface area (Å²) in [4.78, 5) is 8.16. The first kappa shape index (κ1) is 13.3. The Morgan fingerprint density at radius 1 is 1.05 bits per heavy atom. The van der Waals surface area contributed by atoms with E-state index in [0.29, 0.717) is 23.9 Å². The van der Waals surface area contributed by atoms with E-state index in [-0.39, 0.29) is 17.1 Å². The molecule has 1 heterocycles. The number of rotatable bonds is 2. The molecule has 0 unspecified atom stereocenters. The fourth-order valence-electron chi connectivity index (χ4n) is 1.71. The molecular formula is C13H12F3N3. The summed E-state index contributed by atoms with van der Waals surface area (Å²) in [5, 5.41) is 0. The average molecular weight is 267 g/mol. The zero-order valence-corrected chi connectivity index (χ0v) is 10.5. The van der Waals surface area contributed by atoms with Crippen LogP contribution in [0, 0.1) is 24.4 Å². The Balaban J connectivity index is 2.71. The summed E-state index contributed by atoms with van der Waals surface area (Å²) in [7, 11) is 0. The molecule has 0 amide bonds. The van der Waals surface area contributed by atoms with Gasteiger partial charge in [-0.3, -0.25) is 0 Å². The van der Waals surface area contributed by atoms with E-state index in [0.717, 1.165) is 6.07 Å². The number of benzene rings is 1. The summed E-state index contributed by atoms with van der Waals surface area (Å²) in [5.41, 5.74) is 6.20. The standard InChI is InChI=1S/C13H12F3N3/c1-3-11-18-12(6(2)13(17)19-11)7-4-9(15)10(16)5-8(7)14/h4-5H,3H2,1-2H3,(H2,17,18,19). The molecule has 3 nitrogen and oxygen atoms in total. The first-order chi connectivity index (χ1) is 8.93. The van der Waals surface area contributed by atoms with E-state index in [1.54, 1.807) is 6.92 Å². The van der Waals surface area contributed by atoms with Gasteiger partial charge >= 0.3 is 0 Å². The monoisotopic (exact) mass is 267 g/mol. The molecule has 1 aromatic carbocycles. The highest BCUT2D eigenvalue weighted by Crippen LogP contribution is 2.28. The minimum absolute atomic E-state index is 0.125. The summed E-state index contributed by atoms with van der Waals surface area (Å²) in [6.07, 6.45) is 0.503. The van der Waals surface area contributed by atoms with Crippen molar-refractivity contribution in [3.63, 3.8) is 0 Å². The lowest BCUT2D eigenvalue weighted by Crippen LogP contribution is -2.05. The fraction of sp³-hybridized carbons (Fsp3) is 0.231. The van der Waals surface area contributed by atoms with Crippen molar-refractivity contribution in [3.8, 4) is 11.3 Å². The molecular weight excluding hydrogens is 255 g/mol. The molecule has 0 bridgehead atoms. The zero-order chi connectivity index (χ0) is 14.2. The number of nitrogens with two attached hydrogens (primary N) is 1. The fourth-order valence-corrected chi connectivity index (χ4v) is 1.71. The summed E-state index contributed by atoms with van der Waals surface area (Å²) in [6, 6.07) is 1.27. The predicted molar refractivity (Wildman–Crippen MR) is 65.9 cm³/mol. The Labute approximate surface area is 108 Å². The number of anilines is 1. The Morgan fingerprint density at radius 3 is 2.32 bits per heavy atom.